The maximum atomic E-state index is 5.44. The molecule has 1 aliphatic carbocycles. The molecule has 1 saturated carbocycles. The Morgan fingerprint density at radius 1 is 0.848 bits per heavy atom. The number of hydrogen-bond acceptors (Lipinski definition) is 4. The average molecular weight is 470 g/mol. The van der Waals surface area contributed by atoms with Crippen LogP contribution in [0.3, 0.4) is 0 Å². The zero-order chi connectivity index (χ0) is 22.3. The van der Waals surface area contributed by atoms with Crippen LogP contribution < -0.4 is 9.64 Å². The quantitative estimate of drug-likeness (QED) is 0.381. The predicted molar refractivity (Wildman–Crippen MR) is 142 cm³/mol. The van der Waals surface area contributed by atoms with Gasteiger partial charge in [-0.3, -0.25) is 0 Å². The molecule has 1 unspecified atom stereocenters. The Kier molecular flexibility index (Phi) is 5.51. The van der Waals surface area contributed by atoms with Crippen molar-refractivity contribution in [2.24, 2.45) is 0 Å². The molecule has 0 amide bonds. The van der Waals surface area contributed by atoms with Gasteiger partial charge in [0.05, 0.1) is 17.0 Å². The number of nitrogens with zero attached hydrogens (tertiary/aromatic N) is 1. The molecule has 6 rings (SSSR count). The molecule has 33 heavy (non-hydrogen) atoms. The molecule has 1 fully saturated rings. The molecule has 2 nitrogen and oxygen atoms in total. The van der Waals surface area contributed by atoms with Crippen molar-refractivity contribution in [2.75, 3.05) is 12.0 Å². The molecule has 0 radical (unpaired) electrons. The highest BCUT2D eigenvalue weighted by molar-refractivity contribution is 8.14. The third-order valence-corrected chi connectivity index (χ3v) is 9.82. The van der Waals surface area contributed by atoms with Crippen molar-refractivity contribution in [2.45, 2.75) is 36.5 Å². The lowest BCUT2D eigenvalue weighted by molar-refractivity contribution is 0.414. The van der Waals surface area contributed by atoms with Crippen LogP contribution in [-0.4, -0.2) is 12.0 Å². The normalized spacial score (nSPS) is 21.3. The number of thioether (sulfide) groups is 2. The van der Waals surface area contributed by atoms with Crippen molar-refractivity contribution in [3.8, 4) is 5.75 Å². The van der Waals surface area contributed by atoms with E-state index in [-0.39, 0.29) is 10.8 Å². The summed E-state index contributed by atoms with van der Waals surface area (Å²) in [6.07, 6.45) is 7.54. The minimum atomic E-state index is 0.129. The largest absolute Gasteiger partial charge is 0.497 e. The molecular formula is C29H27NOS2. The van der Waals surface area contributed by atoms with Gasteiger partial charge in [-0.25, -0.2) is 0 Å². The molecule has 1 spiro atoms. The summed E-state index contributed by atoms with van der Waals surface area (Å²) in [5, 5.41) is 1.41. The lowest BCUT2D eigenvalue weighted by Gasteiger charge is -2.37. The first-order chi connectivity index (χ1) is 16.3. The fraction of sp³-hybridized carbons (Fsp3) is 0.241. The molecule has 0 aromatic heterocycles. The van der Waals surface area contributed by atoms with Crippen LogP contribution >= 0.6 is 23.5 Å². The topological polar surface area (TPSA) is 12.5 Å². The fourth-order valence-electron chi connectivity index (χ4n) is 5.25. The van der Waals surface area contributed by atoms with E-state index in [9.17, 15) is 0 Å². The highest BCUT2D eigenvalue weighted by Gasteiger charge is 2.51. The predicted octanol–water partition coefficient (Wildman–Crippen LogP) is 8.26. The number of allylic oxidation sites excluding steroid dienone is 2. The number of benzene rings is 3. The number of ether oxygens (including phenoxy) is 1. The van der Waals surface area contributed by atoms with E-state index in [2.05, 4.69) is 108 Å². The number of para-hydroxylation sites is 1. The van der Waals surface area contributed by atoms with Crippen molar-refractivity contribution in [3.05, 3.63) is 112 Å². The highest BCUT2D eigenvalue weighted by Crippen LogP contribution is 2.64. The molecule has 3 aromatic rings. The van der Waals surface area contributed by atoms with Gasteiger partial charge in [-0.05, 0) is 48.2 Å². The second kappa shape index (κ2) is 8.66. The van der Waals surface area contributed by atoms with Gasteiger partial charge in [0.25, 0.3) is 0 Å². The van der Waals surface area contributed by atoms with Crippen molar-refractivity contribution in [3.63, 3.8) is 0 Å². The Labute approximate surface area is 204 Å². The molecule has 4 heteroatoms. The molecule has 0 bridgehead atoms. The Balaban J connectivity index is 1.50. The van der Waals surface area contributed by atoms with Crippen LogP contribution in [0.5, 0.6) is 5.75 Å². The molecule has 2 aliphatic heterocycles. The Hall–Kier alpha value is -2.56. The summed E-state index contributed by atoms with van der Waals surface area (Å²) in [6, 6.07) is 30.5. The minimum Gasteiger partial charge on any atom is -0.497 e. The van der Waals surface area contributed by atoms with Crippen molar-refractivity contribution in [1.82, 2.24) is 0 Å². The van der Waals surface area contributed by atoms with Crippen LogP contribution in [0.1, 0.15) is 42.7 Å². The maximum absolute atomic E-state index is 5.44. The van der Waals surface area contributed by atoms with Crippen LogP contribution in [0.15, 0.2) is 101 Å². The molecule has 0 N–H and O–H groups in total. The van der Waals surface area contributed by atoms with E-state index in [4.69, 9.17) is 4.74 Å². The molecule has 2 heterocycles. The monoisotopic (exact) mass is 469 g/mol. The van der Waals surface area contributed by atoms with E-state index >= 15 is 0 Å². The lowest BCUT2D eigenvalue weighted by atomic mass is 9.96. The van der Waals surface area contributed by atoms with Gasteiger partial charge in [0.15, 0.2) is 0 Å². The van der Waals surface area contributed by atoms with E-state index in [0.29, 0.717) is 0 Å². The van der Waals surface area contributed by atoms with Crippen LogP contribution in [0.2, 0.25) is 0 Å². The number of methoxy groups -OCH3 is 1. The fourth-order valence-corrected chi connectivity index (χ4v) is 8.52. The highest BCUT2D eigenvalue weighted by atomic mass is 32.2. The summed E-state index contributed by atoms with van der Waals surface area (Å²) in [6.45, 7) is 0. The summed E-state index contributed by atoms with van der Waals surface area (Å²) >= 11 is 4.07. The number of hydrogen-bond donors (Lipinski definition) is 0. The average Bonchev–Trinajstić information content (AvgIpc) is 3.48. The van der Waals surface area contributed by atoms with Gasteiger partial charge in [-0.2, -0.15) is 0 Å². The van der Waals surface area contributed by atoms with Crippen molar-refractivity contribution in [1.29, 1.82) is 0 Å². The third-order valence-electron chi connectivity index (χ3n) is 6.86. The standard InChI is InChI=1S/C29H27NOS2/c1-31-24-16-14-21(15-17-24)25-20-26(22-10-4-2-5-11-22)32-28-27(25)33-29(18-8-9-19-29)30(28)23-12-6-3-7-13-23/h2-7,10-17,20,25H,8-9,18-19H2,1H3. The molecule has 0 saturated heterocycles. The zero-order valence-corrected chi connectivity index (χ0v) is 20.4. The van der Waals surface area contributed by atoms with Crippen LogP contribution in [0.25, 0.3) is 4.91 Å². The van der Waals surface area contributed by atoms with E-state index < -0.39 is 0 Å². The number of rotatable bonds is 4. The first-order valence-electron chi connectivity index (χ1n) is 11.6. The van der Waals surface area contributed by atoms with Gasteiger partial charge in [-0.1, -0.05) is 103 Å². The molecule has 3 aliphatic rings. The summed E-state index contributed by atoms with van der Waals surface area (Å²) in [4.78, 5) is 5.64. The summed E-state index contributed by atoms with van der Waals surface area (Å²) < 4.78 is 5.44. The first-order valence-corrected chi connectivity index (χ1v) is 13.3. The Morgan fingerprint density at radius 3 is 2.18 bits per heavy atom. The lowest BCUT2D eigenvalue weighted by Crippen LogP contribution is -2.39. The molecule has 166 valence electrons. The van der Waals surface area contributed by atoms with Gasteiger partial charge in [0, 0.05) is 21.4 Å². The van der Waals surface area contributed by atoms with E-state index in [0.717, 1.165) is 5.75 Å². The van der Waals surface area contributed by atoms with Crippen LogP contribution in [0.4, 0.5) is 5.69 Å². The first kappa shape index (κ1) is 21.0. The number of anilines is 1. The molecule has 1 atom stereocenters. The van der Waals surface area contributed by atoms with Gasteiger partial charge in [-0.15, -0.1) is 0 Å². The zero-order valence-electron chi connectivity index (χ0n) is 18.7. The van der Waals surface area contributed by atoms with Crippen LogP contribution in [0, 0.1) is 0 Å². The van der Waals surface area contributed by atoms with E-state index in [1.807, 2.05) is 11.8 Å². The maximum Gasteiger partial charge on any atom is 0.118 e. The smallest absolute Gasteiger partial charge is 0.118 e. The van der Waals surface area contributed by atoms with Crippen LogP contribution in [-0.2, 0) is 0 Å². The molecule has 3 aromatic carbocycles. The van der Waals surface area contributed by atoms with Gasteiger partial charge in [0.1, 0.15) is 5.75 Å². The van der Waals surface area contributed by atoms with E-state index in [1.165, 1.54) is 57.3 Å². The summed E-state index contributed by atoms with van der Waals surface area (Å²) in [7, 11) is 1.73. The third kappa shape index (κ3) is 3.70. The summed E-state index contributed by atoms with van der Waals surface area (Å²) in [5.41, 5.74) is 3.93. The second-order valence-electron chi connectivity index (χ2n) is 8.85. The Morgan fingerprint density at radius 2 is 1.52 bits per heavy atom. The molecular weight excluding hydrogens is 442 g/mol. The Bertz CT molecular complexity index is 1200. The van der Waals surface area contributed by atoms with Crippen molar-refractivity contribution >= 4 is 34.1 Å². The van der Waals surface area contributed by atoms with Crippen molar-refractivity contribution < 1.29 is 4.74 Å². The van der Waals surface area contributed by atoms with E-state index in [1.54, 1.807) is 7.11 Å². The van der Waals surface area contributed by atoms with Gasteiger partial charge >= 0.3 is 0 Å². The van der Waals surface area contributed by atoms with Gasteiger partial charge < -0.3 is 9.64 Å². The second-order valence-corrected chi connectivity index (χ2v) is 11.3. The SMILES string of the molecule is COc1ccc(C2C=C(c3ccccc3)SC3=C2SC2(CCCC2)N3c2ccccc2)cc1. The van der Waals surface area contributed by atoms with Gasteiger partial charge in [0.2, 0.25) is 0 Å². The summed E-state index contributed by atoms with van der Waals surface area (Å²) in [5.74, 6) is 1.15. The minimum absolute atomic E-state index is 0.129.